The molecular weight excluding hydrogens is 390 g/mol. The number of nitrogens with two attached hydrogens (primary N) is 1. The van der Waals surface area contributed by atoms with E-state index in [0.717, 1.165) is 12.1 Å². The highest BCUT2D eigenvalue weighted by atomic mass is 79.9. The van der Waals surface area contributed by atoms with E-state index in [1.165, 1.54) is 24.3 Å². The smallest absolute Gasteiger partial charge is 0.406 e. The molecule has 22 heavy (non-hydrogen) atoms. The summed E-state index contributed by atoms with van der Waals surface area (Å²) in [7, 11) is 0. The molecule has 0 saturated carbocycles. The molecule has 0 aliphatic carbocycles. The minimum Gasteiger partial charge on any atom is -0.406 e. The molecule has 0 fully saturated rings. The lowest BCUT2D eigenvalue weighted by atomic mass is 9.99. The maximum Gasteiger partial charge on any atom is 0.573 e. The Morgan fingerprint density at radius 1 is 1.05 bits per heavy atom. The number of halogens is 6. The average molecular weight is 401 g/mol. The van der Waals surface area contributed by atoms with Crippen LogP contribution in [0.3, 0.4) is 0 Å². The molecule has 2 nitrogen and oxygen atoms in total. The van der Waals surface area contributed by atoms with Gasteiger partial charge in [0.15, 0.2) is 0 Å². The summed E-state index contributed by atoms with van der Waals surface area (Å²) < 4.78 is 54.3. The van der Waals surface area contributed by atoms with Crippen LogP contribution >= 0.6 is 28.3 Å². The summed E-state index contributed by atoms with van der Waals surface area (Å²) in [5, 5.41) is 0. The number of rotatable bonds is 3. The first-order valence-electron chi connectivity index (χ1n) is 5.83. The number of alkyl halides is 3. The van der Waals surface area contributed by atoms with Crippen LogP contribution in [0.5, 0.6) is 5.75 Å². The molecule has 120 valence electrons. The standard InChI is InChI=1S/C14H10BrF4NO.ClH/c15-10-2-1-3-11(16)12(10)13(20)8-4-6-9(7-5-8)21-14(17,18)19;/h1-7,13H,20H2;1H/t13-;/m0./s1. The first kappa shape index (κ1) is 18.7. The van der Waals surface area contributed by atoms with Crippen molar-refractivity contribution in [2.45, 2.75) is 12.4 Å². The molecule has 0 aliphatic rings. The number of hydrogen-bond donors (Lipinski definition) is 1. The molecule has 0 unspecified atom stereocenters. The van der Waals surface area contributed by atoms with E-state index in [4.69, 9.17) is 5.73 Å². The molecule has 0 spiro atoms. The predicted molar refractivity (Wildman–Crippen MR) is 80.5 cm³/mol. The molecule has 1 atom stereocenters. The van der Waals surface area contributed by atoms with E-state index in [0.29, 0.717) is 10.0 Å². The van der Waals surface area contributed by atoms with Gasteiger partial charge in [0.05, 0.1) is 6.04 Å². The van der Waals surface area contributed by atoms with Crippen molar-refractivity contribution in [1.82, 2.24) is 0 Å². The number of ether oxygens (including phenoxy) is 1. The second-order valence-corrected chi connectivity index (χ2v) is 5.08. The summed E-state index contributed by atoms with van der Waals surface area (Å²) in [6, 6.07) is 8.63. The van der Waals surface area contributed by atoms with Crippen molar-refractivity contribution >= 4 is 28.3 Å². The zero-order valence-corrected chi connectivity index (χ0v) is 13.3. The Bertz CT molecular complexity index is 613. The Morgan fingerprint density at radius 3 is 2.14 bits per heavy atom. The molecule has 8 heteroatoms. The molecule has 0 saturated heterocycles. The highest BCUT2D eigenvalue weighted by molar-refractivity contribution is 9.10. The highest BCUT2D eigenvalue weighted by Crippen LogP contribution is 2.30. The molecule has 0 heterocycles. The first-order valence-corrected chi connectivity index (χ1v) is 6.62. The first-order chi connectivity index (χ1) is 9.78. The van der Waals surface area contributed by atoms with Crippen molar-refractivity contribution < 1.29 is 22.3 Å². The van der Waals surface area contributed by atoms with Gasteiger partial charge < -0.3 is 10.5 Å². The molecule has 2 N–H and O–H groups in total. The van der Waals surface area contributed by atoms with Crippen molar-refractivity contribution in [3.63, 3.8) is 0 Å². The topological polar surface area (TPSA) is 35.2 Å². The van der Waals surface area contributed by atoms with Crippen molar-refractivity contribution in [1.29, 1.82) is 0 Å². The molecule has 0 aliphatic heterocycles. The third kappa shape index (κ3) is 4.59. The molecule has 2 aromatic carbocycles. The van der Waals surface area contributed by atoms with Crippen LogP contribution in [0.2, 0.25) is 0 Å². The quantitative estimate of drug-likeness (QED) is 0.740. The van der Waals surface area contributed by atoms with Gasteiger partial charge in [-0.3, -0.25) is 0 Å². The average Bonchev–Trinajstić information content (AvgIpc) is 2.37. The number of benzene rings is 2. The Kier molecular flexibility index (Phi) is 6.22. The fourth-order valence-electron chi connectivity index (χ4n) is 1.85. The summed E-state index contributed by atoms with van der Waals surface area (Å²) in [5.41, 5.74) is 6.67. The molecule has 0 bridgehead atoms. The van der Waals surface area contributed by atoms with Crippen molar-refractivity contribution in [2.24, 2.45) is 5.73 Å². The molecular formula is C14H11BrClF4NO. The molecule has 0 radical (unpaired) electrons. The summed E-state index contributed by atoms with van der Waals surface area (Å²) in [6.07, 6.45) is -4.75. The summed E-state index contributed by atoms with van der Waals surface area (Å²) in [5.74, 6) is -0.849. The van der Waals surface area contributed by atoms with Crippen LogP contribution in [-0.4, -0.2) is 6.36 Å². The van der Waals surface area contributed by atoms with E-state index in [-0.39, 0.29) is 23.7 Å². The second kappa shape index (κ2) is 7.30. The van der Waals surface area contributed by atoms with Crippen LogP contribution in [0.1, 0.15) is 17.2 Å². The largest absolute Gasteiger partial charge is 0.573 e. The van der Waals surface area contributed by atoms with Gasteiger partial charge in [-0.15, -0.1) is 25.6 Å². The van der Waals surface area contributed by atoms with Gasteiger partial charge in [-0.1, -0.05) is 34.1 Å². The Hall–Kier alpha value is -1.31. The van der Waals surface area contributed by atoms with Crippen LogP contribution in [0.4, 0.5) is 17.6 Å². The lowest BCUT2D eigenvalue weighted by Crippen LogP contribution is -2.17. The van der Waals surface area contributed by atoms with Gasteiger partial charge in [0.25, 0.3) is 0 Å². The third-order valence-electron chi connectivity index (χ3n) is 2.78. The van der Waals surface area contributed by atoms with Gasteiger partial charge in [0.1, 0.15) is 11.6 Å². The Balaban J connectivity index is 0.00000242. The lowest BCUT2D eigenvalue weighted by molar-refractivity contribution is -0.274. The summed E-state index contributed by atoms with van der Waals surface area (Å²) in [6.45, 7) is 0. The Morgan fingerprint density at radius 2 is 1.64 bits per heavy atom. The van der Waals surface area contributed by atoms with Crippen LogP contribution in [-0.2, 0) is 0 Å². The van der Waals surface area contributed by atoms with Crippen molar-refractivity contribution in [3.05, 3.63) is 63.9 Å². The van der Waals surface area contributed by atoms with E-state index >= 15 is 0 Å². The van der Waals surface area contributed by atoms with Crippen LogP contribution in [0.25, 0.3) is 0 Å². The van der Waals surface area contributed by atoms with Gasteiger partial charge >= 0.3 is 6.36 Å². The zero-order chi connectivity index (χ0) is 15.6. The van der Waals surface area contributed by atoms with Gasteiger partial charge in [-0.05, 0) is 29.8 Å². The maximum atomic E-state index is 13.8. The Labute approximate surface area is 138 Å². The molecule has 0 aromatic heterocycles. The SMILES string of the molecule is Cl.N[C@@H](c1ccc(OC(F)(F)F)cc1)c1c(F)cccc1Br. The van der Waals surface area contributed by atoms with Gasteiger partial charge in [-0.25, -0.2) is 4.39 Å². The molecule has 2 rings (SSSR count). The van der Waals surface area contributed by atoms with Crippen molar-refractivity contribution in [3.8, 4) is 5.75 Å². The van der Waals surface area contributed by atoms with Gasteiger partial charge in [0.2, 0.25) is 0 Å². The molecule has 0 amide bonds. The summed E-state index contributed by atoms with van der Waals surface area (Å²) >= 11 is 3.21. The van der Waals surface area contributed by atoms with Crippen molar-refractivity contribution in [2.75, 3.05) is 0 Å². The zero-order valence-electron chi connectivity index (χ0n) is 10.9. The van der Waals surface area contributed by atoms with Crippen LogP contribution in [0, 0.1) is 5.82 Å². The van der Waals surface area contributed by atoms with Crippen LogP contribution in [0.15, 0.2) is 46.9 Å². The van der Waals surface area contributed by atoms with Crippen LogP contribution < -0.4 is 10.5 Å². The fourth-order valence-corrected chi connectivity index (χ4v) is 2.44. The van der Waals surface area contributed by atoms with E-state index in [1.807, 2.05) is 0 Å². The monoisotopic (exact) mass is 399 g/mol. The maximum absolute atomic E-state index is 13.8. The predicted octanol–water partition coefficient (Wildman–Crippen LogP) is 4.96. The number of hydrogen-bond acceptors (Lipinski definition) is 2. The summed E-state index contributed by atoms with van der Waals surface area (Å²) in [4.78, 5) is 0. The molecule has 2 aromatic rings. The van der Waals surface area contributed by atoms with E-state index < -0.39 is 18.2 Å². The second-order valence-electron chi connectivity index (χ2n) is 4.23. The van der Waals surface area contributed by atoms with E-state index in [1.54, 1.807) is 6.07 Å². The van der Waals surface area contributed by atoms with E-state index in [2.05, 4.69) is 20.7 Å². The highest BCUT2D eigenvalue weighted by Gasteiger charge is 2.31. The fraction of sp³-hybridized carbons (Fsp3) is 0.143. The van der Waals surface area contributed by atoms with Gasteiger partial charge in [0, 0.05) is 10.0 Å². The van der Waals surface area contributed by atoms with E-state index in [9.17, 15) is 17.6 Å². The lowest BCUT2D eigenvalue weighted by Gasteiger charge is -2.16. The van der Waals surface area contributed by atoms with Gasteiger partial charge in [-0.2, -0.15) is 0 Å². The minimum atomic E-state index is -4.75. The minimum absolute atomic E-state index is 0. The normalized spacial score (nSPS) is 12.5. The third-order valence-corrected chi connectivity index (χ3v) is 3.48.